The highest BCUT2D eigenvalue weighted by Crippen LogP contribution is 2.18. The van der Waals surface area contributed by atoms with Crippen LogP contribution >= 0.6 is 11.3 Å². The van der Waals surface area contributed by atoms with Crippen molar-refractivity contribution in [1.29, 1.82) is 0 Å². The Kier molecular flexibility index (Phi) is 3.82. The zero-order valence-electron chi connectivity index (χ0n) is 11.2. The number of para-hydroxylation sites is 1. The van der Waals surface area contributed by atoms with Crippen LogP contribution in [0.15, 0.2) is 46.7 Å². The molecule has 0 saturated carbocycles. The second kappa shape index (κ2) is 5.92. The molecule has 0 aliphatic rings. The molecule has 21 heavy (non-hydrogen) atoms. The van der Waals surface area contributed by atoms with E-state index in [9.17, 15) is 4.79 Å². The van der Waals surface area contributed by atoms with Crippen LogP contribution < -0.4 is 11.2 Å². The van der Waals surface area contributed by atoms with Crippen molar-refractivity contribution >= 4 is 22.2 Å². The molecule has 104 valence electrons. The van der Waals surface area contributed by atoms with E-state index in [1.807, 2.05) is 40.4 Å². The van der Waals surface area contributed by atoms with Crippen LogP contribution in [0.4, 0.5) is 0 Å². The van der Waals surface area contributed by atoms with Crippen LogP contribution in [0.25, 0.3) is 10.9 Å². The Morgan fingerprint density at radius 1 is 1.29 bits per heavy atom. The van der Waals surface area contributed by atoms with Gasteiger partial charge in [0.15, 0.2) is 0 Å². The van der Waals surface area contributed by atoms with Crippen LogP contribution in [0.1, 0.15) is 10.4 Å². The van der Waals surface area contributed by atoms with Crippen molar-refractivity contribution in [3.05, 3.63) is 62.6 Å². The molecule has 2 aromatic heterocycles. The summed E-state index contributed by atoms with van der Waals surface area (Å²) in [4.78, 5) is 12.9. The third kappa shape index (κ3) is 2.72. The fraction of sp³-hybridized carbons (Fsp3) is 0.125. The number of benzene rings is 1. The van der Waals surface area contributed by atoms with Crippen molar-refractivity contribution in [2.75, 3.05) is 6.54 Å². The van der Waals surface area contributed by atoms with E-state index >= 15 is 0 Å². The van der Waals surface area contributed by atoms with Crippen molar-refractivity contribution in [2.45, 2.75) is 6.54 Å². The Morgan fingerprint density at radius 2 is 2.14 bits per heavy atom. The first-order chi connectivity index (χ1) is 10.3. The predicted octanol–water partition coefficient (Wildman–Crippen LogP) is 1.82. The largest absolute Gasteiger partial charge is 0.320 e. The summed E-state index contributed by atoms with van der Waals surface area (Å²) in [5, 5.41) is 6.92. The van der Waals surface area contributed by atoms with Gasteiger partial charge in [-0.05, 0) is 23.6 Å². The maximum atomic E-state index is 11.8. The average Bonchev–Trinajstić information content (AvgIpc) is 2.95. The molecule has 2 N–H and O–H groups in total. The van der Waals surface area contributed by atoms with Crippen LogP contribution in [0, 0.1) is 11.8 Å². The lowest BCUT2D eigenvalue weighted by Gasteiger charge is -2.08. The second-order valence-corrected chi connectivity index (χ2v) is 5.45. The van der Waals surface area contributed by atoms with Crippen LogP contribution in [0.2, 0.25) is 0 Å². The van der Waals surface area contributed by atoms with E-state index in [1.54, 1.807) is 11.3 Å². The zero-order chi connectivity index (χ0) is 14.7. The minimum Gasteiger partial charge on any atom is -0.320 e. The summed E-state index contributed by atoms with van der Waals surface area (Å²) in [7, 11) is 0. The maximum Gasteiger partial charge on any atom is 0.207 e. The van der Waals surface area contributed by atoms with Crippen LogP contribution in [-0.2, 0) is 6.54 Å². The van der Waals surface area contributed by atoms with Crippen molar-refractivity contribution in [2.24, 2.45) is 5.73 Å². The number of aromatic nitrogens is 2. The first-order valence-corrected chi connectivity index (χ1v) is 7.38. The van der Waals surface area contributed by atoms with E-state index in [0.717, 1.165) is 16.0 Å². The van der Waals surface area contributed by atoms with Gasteiger partial charge in [-0.1, -0.05) is 24.0 Å². The van der Waals surface area contributed by atoms with Gasteiger partial charge in [-0.3, -0.25) is 9.48 Å². The number of hydrogen-bond acceptors (Lipinski definition) is 4. The Hall–Kier alpha value is -2.42. The molecule has 0 aliphatic carbocycles. The molecule has 5 heteroatoms. The number of nitrogens with two attached hydrogens (primary N) is 1. The van der Waals surface area contributed by atoms with Gasteiger partial charge in [-0.25, -0.2) is 0 Å². The molecule has 0 spiro atoms. The molecule has 0 amide bonds. The molecule has 1 aromatic carbocycles. The molecule has 0 unspecified atom stereocenters. The minimum absolute atomic E-state index is 0.0591. The highest BCUT2D eigenvalue weighted by Gasteiger charge is 2.07. The summed E-state index contributed by atoms with van der Waals surface area (Å²) in [6.07, 6.45) is 1.36. The van der Waals surface area contributed by atoms with Crippen molar-refractivity contribution < 1.29 is 0 Å². The topological polar surface area (TPSA) is 60.9 Å². The highest BCUT2D eigenvalue weighted by atomic mass is 32.1. The fourth-order valence-corrected chi connectivity index (χ4v) is 2.95. The molecule has 0 fully saturated rings. The van der Waals surface area contributed by atoms with Gasteiger partial charge in [-0.2, -0.15) is 5.10 Å². The van der Waals surface area contributed by atoms with Crippen molar-refractivity contribution in [1.82, 2.24) is 9.78 Å². The molecule has 3 rings (SSSR count). The Bertz CT molecular complexity index is 899. The van der Waals surface area contributed by atoms with Crippen molar-refractivity contribution in [3.63, 3.8) is 0 Å². The molecule has 0 aliphatic heterocycles. The third-order valence-electron chi connectivity index (χ3n) is 3.13. The van der Waals surface area contributed by atoms with Gasteiger partial charge in [0.05, 0.1) is 24.8 Å². The lowest BCUT2D eigenvalue weighted by Crippen LogP contribution is -2.12. The van der Waals surface area contributed by atoms with Gasteiger partial charge >= 0.3 is 0 Å². The van der Waals surface area contributed by atoms with Gasteiger partial charge in [0.2, 0.25) is 5.43 Å². The van der Waals surface area contributed by atoms with E-state index in [0.29, 0.717) is 18.5 Å². The minimum atomic E-state index is -0.0591. The Morgan fingerprint density at radius 3 is 3.00 bits per heavy atom. The van der Waals surface area contributed by atoms with Gasteiger partial charge in [0.1, 0.15) is 0 Å². The quantitative estimate of drug-likeness (QED) is 0.734. The van der Waals surface area contributed by atoms with Gasteiger partial charge in [0, 0.05) is 15.8 Å². The standard InChI is InChI=1S/C16H13N3OS/c17-8-3-4-12-7-9-21-16(12)11-19-14-6-2-1-5-13(14)15(20)10-18-19/h1-2,5-7,9-10H,8,11,17H2. The van der Waals surface area contributed by atoms with E-state index in [1.165, 1.54) is 6.20 Å². The number of hydrogen-bond donors (Lipinski definition) is 1. The molecular weight excluding hydrogens is 282 g/mol. The van der Waals surface area contributed by atoms with E-state index in [-0.39, 0.29) is 5.43 Å². The number of nitrogens with zero attached hydrogens (tertiary/aromatic N) is 2. The number of thiophene rings is 1. The summed E-state index contributed by atoms with van der Waals surface area (Å²) in [6.45, 7) is 0.932. The summed E-state index contributed by atoms with van der Waals surface area (Å²) < 4.78 is 1.83. The van der Waals surface area contributed by atoms with Gasteiger partial charge in [-0.15, -0.1) is 11.3 Å². The molecule has 0 bridgehead atoms. The lowest BCUT2D eigenvalue weighted by molar-refractivity contribution is 0.702. The van der Waals surface area contributed by atoms with Crippen LogP contribution in [-0.4, -0.2) is 16.3 Å². The molecule has 0 saturated heterocycles. The molecule has 3 aromatic rings. The highest BCUT2D eigenvalue weighted by molar-refractivity contribution is 7.10. The summed E-state index contributed by atoms with van der Waals surface area (Å²) in [6, 6.07) is 9.47. The normalized spacial score (nSPS) is 10.3. The van der Waals surface area contributed by atoms with E-state index in [2.05, 4.69) is 16.9 Å². The molecule has 0 atom stereocenters. The second-order valence-electron chi connectivity index (χ2n) is 4.45. The lowest BCUT2D eigenvalue weighted by atomic mass is 10.2. The Balaban J connectivity index is 2.05. The summed E-state index contributed by atoms with van der Waals surface area (Å²) >= 11 is 1.63. The third-order valence-corrected chi connectivity index (χ3v) is 4.03. The van der Waals surface area contributed by atoms with Crippen LogP contribution in [0.3, 0.4) is 0 Å². The smallest absolute Gasteiger partial charge is 0.207 e. The average molecular weight is 295 g/mol. The Labute approximate surface area is 125 Å². The van der Waals surface area contributed by atoms with Crippen molar-refractivity contribution in [3.8, 4) is 11.8 Å². The molecular formula is C16H13N3OS. The number of rotatable bonds is 2. The first kappa shape index (κ1) is 13.6. The summed E-state index contributed by atoms with van der Waals surface area (Å²) in [5.41, 5.74) is 7.15. The molecule has 4 nitrogen and oxygen atoms in total. The summed E-state index contributed by atoms with van der Waals surface area (Å²) in [5.74, 6) is 5.93. The molecule has 0 radical (unpaired) electrons. The molecule has 2 heterocycles. The number of fused-ring (bicyclic) bond motifs is 1. The zero-order valence-corrected chi connectivity index (χ0v) is 12.1. The van der Waals surface area contributed by atoms with Crippen LogP contribution in [0.5, 0.6) is 0 Å². The fourth-order valence-electron chi connectivity index (χ4n) is 2.14. The monoisotopic (exact) mass is 295 g/mol. The van der Waals surface area contributed by atoms with Gasteiger partial charge < -0.3 is 5.73 Å². The van der Waals surface area contributed by atoms with Gasteiger partial charge in [0.25, 0.3) is 0 Å². The first-order valence-electron chi connectivity index (χ1n) is 6.50. The van der Waals surface area contributed by atoms with E-state index < -0.39 is 0 Å². The predicted molar refractivity (Wildman–Crippen MR) is 85.4 cm³/mol. The maximum absolute atomic E-state index is 11.8. The SMILES string of the molecule is NCC#Cc1ccsc1Cn1ncc(=O)c2ccccc21. The van der Waals surface area contributed by atoms with E-state index in [4.69, 9.17) is 5.73 Å².